The van der Waals surface area contributed by atoms with Crippen molar-refractivity contribution in [2.45, 2.75) is 24.2 Å². The van der Waals surface area contributed by atoms with Crippen LogP contribution in [0.5, 0.6) is 0 Å². The fourth-order valence-corrected chi connectivity index (χ4v) is 2.59. The van der Waals surface area contributed by atoms with E-state index >= 15 is 0 Å². The molecule has 19 heavy (non-hydrogen) atoms. The van der Waals surface area contributed by atoms with Crippen LogP contribution in [0.4, 0.5) is 0 Å². The molecule has 0 radical (unpaired) electrons. The lowest BCUT2D eigenvalue weighted by Gasteiger charge is -2.12. The monoisotopic (exact) mass is 299 g/mol. The molecule has 102 valence electrons. The predicted molar refractivity (Wildman–Crippen MR) is 73.8 cm³/mol. The highest BCUT2D eigenvalue weighted by molar-refractivity contribution is 7.99. The Labute approximate surface area is 121 Å². The summed E-state index contributed by atoms with van der Waals surface area (Å²) in [6.45, 7) is 0.373. The van der Waals surface area contributed by atoms with Crippen molar-refractivity contribution >= 4 is 35.2 Å². The molecule has 0 atom stereocenters. The number of hydroxylamine groups is 2. The van der Waals surface area contributed by atoms with Gasteiger partial charge in [-0.1, -0.05) is 11.6 Å². The Morgan fingerprint density at radius 3 is 2.42 bits per heavy atom. The molecule has 0 spiro atoms. The Balaban J connectivity index is 1.63. The van der Waals surface area contributed by atoms with Gasteiger partial charge < -0.3 is 0 Å². The van der Waals surface area contributed by atoms with E-state index in [0.29, 0.717) is 6.61 Å². The normalized spacial score (nSPS) is 15.3. The molecule has 1 aromatic carbocycles. The van der Waals surface area contributed by atoms with Crippen LogP contribution in [0.15, 0.2) is 29.2 Å². The van der Waals surface area contributed by atoms with E-state index in [2.05, 4.69) is 0 Å². The molecule has 1 aliphatic rings. The van der Waals surface area contributed by atoms with Gasteiger partial charge in [0.05, 0.1) is 6.61 Å². The summed E-state index contributed by atoms with van der Waals surface area (Å²) < 4.78 is 0. The molecule has 1 fully saturated rings. The highest BCUT2D eigenvalue weighted by Crippen LogP contribution is 2.21. The van der Waals surface area contributed by atoms with E-state index in [4.69, 9.17) is 16.4 Å². The molecule has 0 unspecified atom stereocenters. The molecular formula is C13H14ClNO3S. The third-order valence-electron chi connectivity index (χ3n) is 2.60. The van der Waals surface area contributed by atoms with Gasteiger partial charge in [-0.15, -0.1) is 11.8 Å². The van der Waals surface area contributed by atoms with Crippen LogP contribution in [0.25, 0.3) is 0 Å². The highest BCUT2D eigenvalue weighted by atomic mass is 35.5. The van der Waals surface area contributed by atoms with Gasteiger partial charge in [0.25, 0.3) is 11.8 Å². The van der Waals surface area contributed by atoms with Crippen molar-refractivity contribution in [3.8, 4) is 0 Å². The second-order valence-corrected chi connectivity index (χ2v) is 5.68. The minimum absolute atomic E-state index is 0.240. The predicted octanol–water partition coefficient (Wildman–Crippen LogP) is 2.90. The Morgan fingerprint density at radius 2 is 1.79 bits per heavy atom. The van der Waals surface area contributed by atoms with E-state index < -0.39 is 0 Å². The van der Waals surface area contributed by atoms with Crippen molar-refractivity contribution in [3.05, 3.63) is 29.3 Å². The van der Waals surface area contributed by atoms with Crippen LogP contribution in [0.1, 0.15) is 19.3 Å². The van der Waals surface area contributed by atoms with Crippen LogP contribution in [-0.2, 0) is 14.4 Å². The SMILES string of the molecule is O=C1CCC(=O)N1OCCCSc1ccc(Cl)cc1. The van der Waals surface area contributed by atoms with Crippen molar-refractivity contribution in [2.24, 2.45) is 0 Å². The number of hydrogen-bond acceptors (Lipinski definition) is 4. The van der Waals surface area contributed by atoms with Crippen molar-refractivity contribution in [1.82, 2.24) is 5.06 Å². The number of rotatable bonds is 6. The molecule has 1 aliphatic heterocycles. The second-order valence-electron chi connectivity index (χ2n) is 4.07. The Kier molecular flexibility index (Phi) is 5.24. The minimum Gasteiger partial charge on any atom is -0.272 e. The van der Waals surface area contributed by atoms with Gasteiger partial charge >= 0.3 is 0 Å². The topological polar surface area (TPSA) is 46.6 Å². The maximum absolute atomic E-state index is 11.3. The lowest BCUT2D eigenvalue weighted by molar-refractivity contribution is -0.187. The molecule has 2 rings (SSSR count). The number of thioether (sulfide) groups is 1. The number of amides is 2. The third-order valence-corrected chi connectivity index (χ3v) is 3.95. The molecular weight excluding hydrogens is 286 g/mol. The number of carbonyl (C=O) groups is 2. The number of nitrogens with zero attached hydrogens (tertiary/aromatic N) is 1. The van der Waals surface area contributed by atoms with Gasteiger partial charge in [0.1, 0.15) is 0 Å². The van der Waals surface area contributed by atoms with Crippen molar-refractivity contribution < 1.29 is 14.4 Å². The fourth-order valence-electron chi connectivity index (χ4n) is 1.64. The van der Waals surface area contributed by atoms with Crippen LogP contribution >= 0.6 is 23.4 Å². The van der Waals surface area contributed by atoms with E-state index in [1.165, 1.54) is 0 Å². The molecule has 4 nitrogen and oxygen atoms in total. The number of benzene rings is 1. The van der Waals surface area contributed by atoms with Crippen LogP contribution in [0.2, 0.25) is 5.02 Å². The van der Waals surface area contributed by atoms with Gasteiger partial charge in [-0.25, -0.2) is 0 Å². The maximum Gasteiger partial charge on any atom is 0.253 e. The maximum atomic E-state index is 11.3. The van der Waals surface area contributed by atoms with E-state index in [-0.39, 0.29) is 24.7 Å². The van der Waals surface area contributed by atoms with E-state index in [0.717, 1.165) is 27.2 Å². The van der Waals surface area contributed by atoms with E-state index in [1.807, 2.05) is 24.3 Å². The molecule has 1 aromatic rings. The largest absolute Gasteiger partial charge is 0.272 e. The van der Waals surface area contributed by atoms with Crippen LogP contribution in [0.3, 0.4) is 0 Å². The zero-order valence-electron chi connectivity index (χ0n) is 10.3. The lowest BCUT2D eigenvalue weighted by atomic mass is 10.4. The van der Waals surface area contributed by atoms with Crippen LogP contribution < -0.4 is 0 Å². The molecule has 0 saturated carbocycles. The first-order valence-corrected chi connectivity index (χ1v) is 7.40. The smallest absolute Gasteiger partial charge is 0.253 e. The Bertz CT molecular complexity index is 447. The van der Waals surface area contributed by atoms with Crippen molar-refractivity contribution in [2.75, 3.05) is 12.4 Å². The lowest BCUT2D eigenvalue weighted by Crippen LogP contribution is -2.29. The van der Waals surface area contributed by atoms with Crippen LogP contribution in [0, 0.1) is 0 Å². The minimum atomic E-state index is -0.240. The van der Waals surface area contributed by atoms with Gasteiger partial charge in [0.15, 0.2) is 0 Å². The summed E-state index contributed by atoms with van der Waals surface area (Å²) >= 11 is 7.48. The molecule has 0 N–H and O–H groups in total. The summed E-state index contributed by atoms with van der Waals surface area (Å²) in [5.41, 5.74) is 0. The summed E-state index contributed by atoms with van der Waals surface area (Å²) in [7, 11) is 0. The van der Waals surface area contributed by atoms with Gasteiger partial charge in [0, 0.05) is 28.5 Å². The average Bonchev–Trinajstić information content (AvgIpc) is 2.72. The Morgan fingerprint density at radius 1 is 1.16 bits per heavy atom. The quantitative estimate of drug-likeness (QED) is 0.460. The molecule has 0 aliphatic carbocycles. The summed E-state index contributed by atoms with van der Waals surface area (Å²) in [6.07, 6.45) is 1.29. The molecule has 2 amide bonds. The first-order valence-electron chi connectivity index (χ1n) is 6.04. The molecule has 6 heteroatoms. The van der Waals surface area contributed by atoms with Crippen LogP contribution in [-0.4, -0.2) is 29.2 Å². The first kappa shape index (κ1) is 14.4. The van der Waals surface area contributed by atoms with E-state index in [9.17, 15) is 9.59 Å². The fraction of sp³-hybridized carbons (Fsp3) is 0.385. The zero-order valence-corrected chi connectivity index (χ0v) is 11.9. The summed E-state index contributed by atoms with van der Waals surface area (Å²) in [5.74, 6) is 0.378. The number of carbonyl (C=O) groups excluding carboxylic acids is 2. The van der Waals surface area contributed by atoms with Gasteiger partial charge in [-0.2, -0.15) is 5.06 Å². The molecule has 1 heterocycles. The summed E-state index contributed by atoms with van der Waals surface area (Å²) in [5, 5.41) is 1.62. The van der Waals surface area contributed by atoms with Crippen molar-refractivity contribution in [1.29, 1.82) is 0 Å². The van der Waals surface area contributed by atoms with Gasteiger partial charge in [0.2, 0.25) is 0 Å². The standard InChI is InChI=1S/C13H14ClNO3S/c14-10-2-4-11(5-3-10)19-9-1-8-18-15-12(16)6-7-13(15)17/h2-5H,1,6-9H2. The first-order chi connectivity index (χ1) is 9.16. The van der Waals surface area contributed by atoms with E-state index in [1.54, 1.807) is 11.8 Å². The number of halogens is 1. The number of hydrogen-bond donors (Lipinski definition) is 0. The van der Waals surface area contributed by atoms with Crippen molar-refractivity contribution in [3.63, 3.8) is 0 Å². The number of imide groups is 1. The third kappa shape index (κ3) is 4.23. The molecule has 0 bridgehead atoms. The second kappa shape index (κ2) is 6.93. The van der Waals surface area contributed by atoms with Gasteiger partial charge in [-0.3, -0.25) is 14.4 Å². The molecule has 1 saturated heterocycles. The average molecular weight is 300 g/mol. The molecule has 0 aromatic heterocycles. The van der Waals surface area contributed by atoms with Gasteiger partial charge in [-0.05, 0) is 30.7 Å². The zero-order chi connectivity index (χ0) is 13.7. The summed E-state index contributed by atoms with van der Waals surface area (Å²) in [4.78, 5) is 28.8. The Hall–Kier alpha value is -1.04. The summed E-state index contributed by atoms with van der Waals surface area (Å²) in [6, 6.07) is 7.62. The highest BCUT2D eigenvalue weighted by Gasteiger charge is 2.29.